The van der Waals surface area contributed by atoms with Crippen LogP contribution in [-0.2, 0) is 6.54 Å². The van der Waals surface area contributed by atoms with Crippen molar-refractivity contribution in [3.63, 3.8) is 0 Å². The lowest BCUT2D eigenvalue weighted by atomic mass is 10.2. The first-order valence-corrected chi connectivity index (χ1v) is 6.15. The molecular formula is C13H21N3O. The summed E-state index contributed by atoms with van der Waals surface area (Å²) in [6.45, 7) is 8.36. The van der Waals surface area contributed by atoms with Crippen molar-refractivity contribution in [2.75, 3.05) is 26.7 Å². The quantitative estimate of drug-likeness (QED) is 0.854. The van der Waals surface area contributed by atoms with Crippen molar-refractivity contribution in [1.82, 2.24) is 15.2 Å². The van der Waals surface area contributed by atoms with Gasteiger partial charge in [-0.25, -0.2) is 0 Å². The zero-order chi connectivity index (χ0) is 12.3. The maximum Gasteiger partial charge on any atom is 0.122 e. The Morgan fingerprint density at radius 3 is 3.06 bits per heavy atom. The lowest BCUT2D eigenvalue weighted by Gasteiger charge is -2.33. The first-order chi connectivity index (χ1) is 8.19. The van der Waals surface area contributed by atoms with E-state index in [1.165, 1.54) is 0 Å². The molecule has 17 heavy (non-hydrogen) atoms. The van der Waals surface area contributed by atoms with E-state index >= 15 is 0 Å². The summed E-state index contributed by atoms with van der Waals surface area (Å²) in [7, 11) is 1.70. The number of aromatic nitrogens is 1. The van der Waals surface area contributed by atoms with E-state index in [1.54, 1.807) is 7.11 Å². The molecule has 0 spiro atoms. The van der Waals surface area contributed by atoms with E-state index in [0.29, 0.717) is 6.04 Å². The molecule has 1 saturated heterocycles. The molecule has 94 valence electrons. The number of methoxy groups -OCH3 is 1. The van der Waals surface area contributed by atoms with Gasteiger partial charge in [0.15, 0.2) is 0 Å². The highest BCUT2D eigenvalue weighted by Crippen LogP contribution is 2.16. The smallest absolute Gasteiger partial charge is 0.122 e. The van der Waals surface area contributed by atoms with E-state index in [1.807, 2.05) is 19.1 Å². The SMILES string of the molecule is COc1cc(C)nc(CN2CCNCC2C)c1. The Morgan fingerprint density at radius 2 is 2.35 bits per heavy atom. The van der Waals surface area contributed by atoms with Crippen LogP contribution in [0, 0.1) is 6.92 Å². The minimum Gasteiger partial charge on any atom is -0.497 e. The van der Waals surface area contributed by atoms with Crippen molar-refractivity contribution in [2.24, 2.45) is 0 Å². The van der Waals surface area contributed by atoms with Crippen LogP contribution in [0.2, 0.25) is 0 Å². The Balaban J connectivity index is 2.09. The Kier molecular flexibility index (Phi) is 3.97. The third-order valence-corrected chi connectivity index (χ3v) is 3.22. The average Bonchev–Trinajstić information content (AvgIpc) is 2.31. The highest BCUT2D eigenvalue weighted by Gasteiger charge is 2.18. The van der Waals surface area contributed by atoms with Crippen molar-refractivity contribution in [1.29, 1.82) is 0 Å². The number of hydrogen-bond acceptors (Lipinski definition) is 4. The molecule has 1 aliphatic heterocycles. The molecule has 2 rings (SSSR count). The minimum absolute atomic E-state index is 0.567. The molecule has 0 aromatic carbocycles. The van der Waals surface area contributed by atoms with Gasteiger partial charge in [0.1, 0.15) is 5.75 Å². The van der Waals surface area contributed by atoms with E-state index in [2.05, 4.69) is 22.1 Å². The fraction of sp³-hybridized carbons (Fsp3) is 0.615. The zero-order valence-corrected chi connectivity index (χ0v) is 10.9. The lowest BCUT2D eigenvalue weighted by Crippen LogP contribution is -2.49. The second-order valence-electron chi connectivity index (χ2n) is 4.66. The first kappa shape index (κ1) is 12.3. The molecule has 1 unspecified atom stereocenters. The number of rotatable bonds is 3. The van der Waals surface area contributed by atoms with Crippen LogP contribution in [0.25, 0.3) is 0 Å². The monoisotopic (exact) mass is 235 g/mol. The third kappa shape index (κ3) is 3.17. The van der Waals surface area contributed by atoms with Gasteiger partial charge in [-0.15, -0.1) is 0 Å². The van der Waals surface area contributed by atoms with Crippen LogP contribution in [0.15, 0.2) is 12.1 Å². The van der Waals surface area contributed by atoms with Gasteiger partial charge < -0.3 is 10.1 Å². The van der Waals surface area contributed by atoms with Gasteiger partial charge in [-0.3, -0.25) is 9.88 Å². The van der Waals surface area contributed by atoms with Crippen LogP contribution in [0.3, 0.4) is 0 Å². The summed E-state index contributed by atoms with van der Waals surface area (Å²) in [6.07, 6.45) is 0. The molecule has 0 bridgehead atoms. The predicted octanol–water partition coefficient (Wildman–Crippen LogP) is 1.19. The molecular weight excluding hydrogens is 214 g/mol. The van der Waals surface area contributed by atoms with Crippen molar-refractivity contribution < 1.29 is 4.74 Å². The molecule has 1 fully saturated rings. The average molecular weight is 235 g/mol. The number of aryl methyl sites for hydroxylation is 1. The van der Waals surface area contributed by atoms with Crippen LogP contribution >= 0.6 is 0 Å². The zero-order valence-electron chi connectivity index (χ0n) is 10.9. The topological polar surface area (TPSA) is 37.4 Å². The molecule has 0 aliphatic carbocycles. The fourth-order valence-corrected chi connectivity index (χ4v) is 2.23. The van der Waals surface area contributed by atoms with Crippen molar-refractivity contribution in [3.05, 3.63) is 23.5 Å². The summed E-state index contributed by atoms with van der Waals surface area (Å²) < 4.78 is 5.28. The minimum atomic E-state index is 0.567. The van der Waals surface area contributed by atoms with Gasteiger partial charge in [0.2, 0.25) is 0 Å². The number of nitrogens with zero attached hydrogens (tertiary/aromatic N) is 2. The van der Waals surface area contributed by atoms with Crippen LogP contribution in [-0.4, -0.2) is 42.7 Å². The van der Waals surface area contributed by atoms with Crippen LogP contribution < -0.4 is 10.1 Å². The molecule has 4 heteroatoms. The maximum atomic E-state index is 5.28. The Hall–Kier alpha value is -1.13. The number of nitrogens with one attached hydrogen (secondary N) is 1. The molecule has 1 atom stereocenters. The van der Waals surface area contributed by atoms with Crippen LogP contribution in [0.5, 0.6) is 5.75 Å². The third-order valence-electron chi connectivity index (χ3n) is 3.22. The Morgan fingerprint density at radius 1 is 1.53 bits per heavy atom. The largest absolute Gasteiger partial charge is 0.497 e. The predicted molar refractivity (Wildman–Crippen MR) is 68.3 cm³/mol. The van der Waals surface area contributed by atoms with E-state index in [0.717, 1.165) is 43.3 Å². The van der Waals surface area contributed by atoms with Gasteiger partial charge in [-0.05, 0) is 13.8 Å². The summed E-state index contributed by atoms with van der Waals surface area (Å²) in [4.78, 5) is 7.02. The van der Waals surface area contributed by atoms with E-state index in [4.69, 9.17) is 4.74 Å². The number of ether oxygens (including phenoxy) is 1. The van der Waals surface area contributed by atoms with Gasteiger partial charge in [0.25, 0.3) is 0 Å². The molecule has 4 nitrogen and oxygen atoms in total. The molecule has 1 N–H and O–H groups in total. The first-order valence-electron chi connectivity index (χ1n) is 6.15. The lowest BCUT2D eigenvalue weighted by molar-refractivity contribution is 0.163. The molecule has 2 heterocycles. The molecule has 1 aromatic heterocycles. The summed E-state index contributed by atoms with van der Waals surface area (Å²) in [5.41, 5.74) is 2.11. The van der Waals surface area contributed by atoms with Crippen LogP contribution in [0.1, 0.15) is 18.3 Å². The molecule has 1 aromatic rings. The molecule has 0 amide bonds. The number of piperazine rings is 1. The van der Waals surface area contributed by atoms with Gasteiger partial charge in [0, 0.05) is 50.0 Å². The van der Waals surface area contributed by atoms with Gasteiger partial charge in [0.05, 0.1) is 12.8 Å². The van der Waals surface area contributed by atoms with E-state index in [9.17, 15) is 0 Å². The second kappa shape index (κ2) is 5.47. The highest BCUT2D eigenvalue weighted by molar-refractivity contribution is 5.26. The fourth-order valence-electron chi connectivity index (χ4n) is 2.23. The summed E-state index contributed by atoms with van der Waals surface area (Å²) in [5.74, 6) is 0.898. The Labute approximate surface area is 103 Å². The van der Waals surface area contributed by atoms with E-state index < -0.39 is 0 Å². The number of pyridine rings is 1. The molecule has 1 aliphatic rings. The van der Waals surface area contributed by atoms with Crippen LogP contribution in [0.4, 0.5) is 0 Å². The molecule has 0 saturated carbocycles. The van der Waals surface area contributed by atoms with Gasteiger partial charge in [-0.1, -0.05) is 0 Å². The highest BCUT2D eigenvalue weighted by atomic mass is 16.5. The van der Waals surface area contributed by atoms with Crippen molar-refractivity contribution in [3.8, 4) is 5.75 Å². The standard InChI is InChI=1S/C13H21N3O/c1-10-6-13(17-3)7-12(15-10)9-16-5-4-14-8-11(16)2/h6-7,11,14H,4-5,8-9H2,1-3H3. The summed E-state index contributed by atoms with van der Waals surface area (Å²) in [5, 5.41) is 3.40. The van der Waals surface area contributed by atoms with E-state index in [-0.39, 0.29) is 0 Å². The van der Waals surface area contributed by atoms with Gasteiger partial charge in [-0.2, -0.15) is 0 Å². The summed E-state index contributed by atoms with van der Waals surface area (Å²) in [6, 6.07) is 4.56. The summed E-state index contributed by atoms with van der Waals surface area (Å²) >= 11 is 0. The number of hydrogen-bond donors (Lipinski definition) is 1. The van der Waals surface area contributed by atoms with Crippen molar-refractivity contribution in [2.45, 2.75) is 26.4 Å². The second-order valence-corrected chi connectivity index (χ2v) is 4.66. The maximum absolute atomic E-state index is 5.28. The van der Waals surface area contributed by atoms with Gasteiger partial charge >= 0.3 is 0 Å². The van der Waals surface area contributed by atoms with Crippen molar-refractivity contribution >= 4 is 0 Å². The molecule has 0 radical (unpaired) electrons. The Bertz CT molecular complexity index is 381. The normalized spacial score (nSPS) is 21.5.